The first-order valence-corrected chi connectivity index (χ1v) is 6.50. The quantitative estimate of drug-likeness (QED) is 0.766. The Morgan fingerprint density at radius 1 is 1.71 bits per heavy atom. The predicted octanol–water partition coefficient (Wildman–Crippen LogP) is 2.52. The molecule has 0 fully saturated rings. The van der Waals surface area contributed by atoms with Gasteiger partial charge in [-0.25, -0.2) is 9.78 Å². The summed E-state index contributed by atoms with van der Waals surface area (Å²) in [6.07, 6.45) is 2.26. The van der Waals surface area contributed by atoms with Crippen molar-refractivity contribution in [3.63, 3.8) is 0 Å². The SMILES string of the molecule is CCC(=CCNC(C)c1nc(C)cs1)C(=O)O. The zero-order valence-corrected chi connectivity index (χ0v) is 11.2. The van der Waals surface area contributed by atoms with Crippen LogP contribution in [0.5, 0.6) is 0 Å². The number of aryl methyl sites for hydroxylation is 1. The van der Waals surface area contributed by atoms with E-state index in [2.05, 4.69) is 10.3 Å². The number of nitrogens with one attached hydrogen (secondary N) is 1. The summed E-state index contributed by atoms with van der Waals surface area (Å²) in [6, 6.07) is 0.150. The molecule has 0 amide bonds. The number of carboxylic acids is 1. The van der Waals surface area contributed by atoms with Crippen molar-refractivity contribution in [3.8, 4) is 0 Å². The first-order chi connectivity index (χ1) is 8.04. The van der Waals surface area contributed by atoms with Crippen LogP contribution in [0.1, 0.15) is 37.0 Å². The van der Waals surface area contributed by atoms with Crippen LogP contribution in [0.15, 0.2) is 17.0 Å². The normalized spacial score (nSPS) is 13.7. The summed E-state index contributed by atoms with van der Waals surface area (Å²) >= 11 is 1.62. The number of hydrogen-bond donors (Lipinski definition) is 2. The monoisotopic (exact) mass is 254 g/mol. The van der Waals surface area contributed by atoms with Crippen molar-refractivity contribution in [2.45, 2.75) is 33.2 Å². The zero-order chi connectivity index (χ0) is 12.8. The van der Waals surface area contributed by atoms with Gasteiger partial charge in [-0.2, -0.15) is 0 Å². The number of nitrogens with zero attached hydrogens (tertiary/aromatic N) is 1. The van der Waals surface area contributed by atoms with Gasteiger partial charge in [0, 0.05) is 23.2 Å². The average Bonchev–Trinajstić information content (AvgIpc) is 2.70. The number of aromatic nitrogens is 1. The predicted molar refractivity (Wildman–Crippen MR) is 69.3 cm³/mol. The van der Waals surface area contributed by atoms with Crippen LogP contribution in [0.4, 0.5) is 0 Å². The van der Waals surface area contributed by atoms with Crippen LogP contribution in [-0.2, 0) is 4.79 Å². The van der Waals surface area contributed by atoms with Crippen LogP contribution in [0.2, 0.25) is 0 Å². The van der Waals surface area contributed by atoms with Crippen molar-refractivity contribution in [2.75, 3.05) is 6.54 Å². The maximum absolute atomic E-state index is 10.8. The van der Waals surface area contributed by atoms with Gasteiger partial charge in [0.15, 0.2) is 0 Å². The van der Waals surface area contributed by atoms with E-state index in [9.17, 15) is 4.79 Å². The van der Waals surface area contributed by atoms with E-state index in [1.165, 1.54) is 0 Å². The molecule has 1 rings (SSSR count). The smallest absolute Gasteiger partial charge is 0.331 e. The lowest BCUT2D eigenvalue weighted by Gasteiger charge is -2.09. The van der Waals surface area contributed by atoms with Crippen LogP contribution >= 0.6 is 11.3 Å². The summed E-state index contributed by atoms with van der Waals surface area (Å²) in [4.78, 5) is 15.2. The third-order valence-electron chi connectivity index (χ3n) is 2.44. The molecule has 1 heterocycles. The molecule has 17 heavy (non-hydrogen) atoms. The summed E-state index contributed by atoms with van der Waals surface area (Å²) in [7, 11) is 0. The summed E-state index contributed by atoms with van der Waals surface area (Å²) in [5.41, 5.74) is 1.47. The van der Waals surface area contributed by atoms with Gasteiger partial charge >= 0.3 is 5.97 Å². The number of carbonyl (C=O) groups is 1. The fraction of sp³-hybridized carbons (Fsp3) is 0.500. The molecule has 1 atom stereocenters. The highest BCUT2D eigenvalue weighted by Crippen LogP contribution is 2.17. The minimum Gasteiger partial charge on any atom is -0.478 e. The standard InChI is InChI=1S/C12H18N2O2S/c1-4-10(12(15)16)5-6-13-9(3)11-14-8(2)7-17-11/h5,7,9,13H,4,6H2,1-3H3,(H,15,16). The lowest BCUT2D eigenvalue weighted by molar-refractivity contribution is -0.132. The Bertz CT molecular complexity index is 412. The molecule has 94 valence electrons. The van der Waals surface area contributed by atoms with E-state index >= 15 is 0 Å². The van der Waals surface area contributed by atoms with E-state index in [4.69, 9.17) is 5.11 Å². The second-order valence-corrected chi connectivity index (χ2v) is 4.73. The van der Waals surface area contributed by atoms with Crippen LogP contribution in [0.25, 0.3) is 0 Å². The zero-order valence-electron chi connectivity index (χ0n) is 10.4. The van der Waals surface area contributed by atoms with Crippen LogP contribution in [-0.4, -0.2) is 22.6 Å². The van der Waals surface area contributed by atoms with E-state index in [0.29, 0.717) is 18.5 Å². The van der Waals surface area contributed by atoms with Crippen molar-refractivity contribution in [3.05, 3.63) is 27.7 Å². The fourth-order valence-electron chi connectivity index (χ4n) is 1.40. The molecule has 0 aliphatic carbocycles. The van der Waals surface area contributed by atoms with Gasteiger partial charge in [-0.05, 0) is 20.3 Å². The molecule has 4 nitrogen and oxygen atoms in total. The largest absolute Gasteiger partial charge is 0.478 e. The second-order valence-electron chi connectivity index (χ2n) is 3.85. The second kappa shape index (κ2) is 6.51. The van der Waals surface area contributed by atoms with E-state index in [-0.39, 0.29) is 6.04 Å². The number of thiazole rings is 1. The first kappa shape index (κ1) is 13.9. The Morgan fingerprint density at radius 2 is 2.41 bits per heavy atom. The van der Waals surface area contributed by atoms with Gasteiger partial charge in [0.2, 0.25) is 0 Å². The van der Waals surface area contributed by atoms with Gasteiger partial charge < -0.3 is 10.4 Å². The van der Waals surface area contributed by atoms with Crippen molar-refractivity contribution in [1.82, 2.24) is 10.3 Å². The summed E-state index contributed by atoms with van der Waals surface area (Å²) in [5, 5.41) is 15.1. The van der Waals surface area contributed by atoms with Gasteiger partial charge in [0.05, 0.1) is 6.04 Å². The molecule has 2 N–H and O–H groups in total. The molecule has 0 saturated heterocycles. The molecule has 0 saturated carbocycles. The summed E-state index contributed by atoms with van der Waals surface area (Å²) < 4.78 is 0. The molecule has 0 bridgehead atoms. The van der Waals surface area contributed by atoms with Crippen molar-refractivity contribution >= 4 is 17.3 Å². The Hall–Kier alpha value is -1.20. The van der Waals surface area contributed by atoms with E-state index in [1.807, 2.05) is 26.2 Å². The number of rotatable bonds is 6. The van der Waals surface area contributed by atoms with Gasteiger partial charge in [-0.3, -0.25) is 0 Å². The Balaban J connectivity index is 2.48. The minimum absolute atomic E-state index is 0.150. The van der Waals surface area contributed by atoms with Crippen LogP contribution in [0, 0.1) is 6.92 Å². The lowest BCUT2D eigenvalue weighted by atomic mass is 10.2. The molecule has 0 aromatic carbocycles. The molecule has 0 radical (unpaired) electrons. The topological polar surface area (TPSA) is 62.2 Å². The Kier molecular flexibility index (Phi) is 5.31. The van der Waals surface area contributed by atoms with Crippen molar-refractivity contribution in [2.24, 2.45) is 0 Å². The van der Waals surface area contributed by atoms with Gasteiger partial charge in [0.1, 0.15) is 5.01 Å². The maximum atomic E-state index is 10.8. The molecule has 5 heteroatoms. The van der Waals surface area contributed by atoms with Gasteiger partial charge in [-0.15, -0.1) is 11.3 Å². The lowest BCUT2D eigenvalue weighted by Crippen LogP contribution is -2.19. The Morgan fingerprint density at radius 3 is 2.88 bits per heavy atom. The molecule has 1 aromatic rings. The van der Waals surface area contributed by atoms with Crippen molar-refractivity contribution in [1.29, 1.82) is 0 Å². The van der Waals surface area contributed by atoms with Gasteiger partial charge in [0.25, 0.3) is 0 Å². The third kappa shape index (κ3) is 4.28. The molecule has 0 aliphatic rings. The number of carboxylic acid groups (broad SMARTS) is 1. The first-order valence-electron chi connectivity index (χ1n) is 5.62. The minimum atomic E-state index is -0.841. The highest BCUT2D eigenvalue weighted by molar-refractivity contribution is 7.09. The molecule has 1 aromatic heterocycles. The highest BCUT2D eigenvalue weighted by atomic mass is 32.1. The highest BCUT2D eigenvalue weighted by Gasteiger charge is 2.08. The fourth-order valence-corrected chi connectivity index (χ4v) is 2.23. The number of aliphatic carboxylic acids is 1. The molecule has 0 aliphatic heterocycles. The molecular formula is C12H18N2O2S. The summed E-state index contributed by atoms with van der Waals surface area (Å²) in [5.74, 6) is -0.841. The molecular weight excluding hydrogens is 236 g/mol. The van der Waals surface area contributed by atoms with E-state index < -0.39 is 5.97 Å². The molecule has 0 spiro atoms. The van der Waals surface area contributed by atoms with Crippen molar-refractivity contribution < 1.29 is 9.90 Å². The van der Waals surface area contributed by atoms with Gasteiger partial charge in [-0.1, -0.05) is 13.0 Å². The number of hydrogen-bond acceptors (Lipinski definition) is 4. The maximum Gasteiger partial charge on any atom is 0.331 e. The summed E-state index contributed by atoms with van der Waals surface area (Å²) in [6.45, 7) is 6.38. The third-order valence-corrected chi connectivity index (χ3v) is 3.58. The van der Waals surface area contributed by atoms with Crippen LogP contribution < -0.4 is 5.32 Å². The Labute approximate surface area is 105 Å². The van der Waals surface area contributed by atoms with E-state index in [1.54, 1.807) is 17.4 Å². The van der Waals surface area contributed by atoms with E-state index in [0.717, 1.165) is 10.7 Å². The average molecular weight is 254 g/mol. The molecule has 1 unspecified atom stereocenters. The van der Waals surface area contributed by atoms with Crippen LogP contribution in [0.3, 0.4) is 0 Å².